The molecule has 0 aliphatic carbocycles. The average Bonchev–Trinajstić information content (AvgIpc) is 2.57. The molecule has 0 atom stereocenters. The van der Waals surface area contributed by atoms with E-state index in [1.54, 1.807) is 6.07 Å². The van der Waals surface area contributed by atoms with E-state index in [9.17, 15) is 4.79 Å². The zero-order valence-corrected chi connectivity index (χ0v) is 14.6. The monoisotopic (exact) mass is 341 g/mol. The second-order valence-corrected chi connectivity index (χ2v) is 6.46. The Kier molecular flexibility index (Phi) is 5.03. The van der Waals surface area contributed by atoms with Crippen molar-refractivity contribution in [3.05, 3.63) is 80.2 Å². The lowest BCUT2D eigenvalue weighted by molar-refractivity contribution is 0.554. The number of benzene rings is 2. The summed E-state index contributed by atoms with van der Waals surface area (Å²) in [6.45, 7) is 5.47. The van der Waals surface area contributed by atoms with Crippen molar-refractivity contribution in [2.24, 2.45) is 0 Å². The fourth-order valence-corrected chi connectivity index (χ4v) is 2.90. The molecule has 3 rings (SSSR count). The Morgan fingerprint density at radius 2 is 1.83 bits per heavy atom. The number of rotatable bonds is 5. The Labute approximate surface area is 146 Å². The molecule has 1 aromatic heterocycles. The molecule has 0 unspecified atom stereocenters. The minimum Gasteiger partial charge on any atom is -0.422 e. The zero-order valence-electron chi connectivity index (χ0n) is 13.9. The SMILES string of the molecule is Cc1ccc2c(CNCCc3ccc(Cl)cc3)cc(=O)oc2c1C. The molecule has 0 radical (unpaired) electrons. The third-order valence-corrected chi connectivity index (χ3v) is 4.59. The first-order valence-corrected chi connectivity index (χ1v) is 8.40. The number of aryl methyl sites for hydroxylation is 2. The van der Waals surface area contributed by atoms with Crippen LogP contribution in [0.1, 0.15) is 22.3 Å². The van der Waals surface area contributed by atoms with Crippen LogP contribution in [0, 0.1) is 13.8 Å². The van der Waals surface area contributed by atoms with Gasteiger partial charge in [0.25, 0.3) is 0 Å². The van der Waals surface area contributed by atoms with Crippen molar-refractivity contribution in [1.82, 2.24) is 5.32 Å². The molecule has 0 amide bonds. The maximum Gasteiger partial charge on any atom is 0.336 e. The van der Waals surface area contributed by atoms with E-state index < -0.39 is 0 Å². The third kappa shape index (κ3) is 3.69. The highest BCUT2D eigenvalue weighted by Crippen LogP contribution is 2.23. The summed E-state index contributed by atoms with van der Waals surface area (Å²) >= 11 is 5.89. The van der Waals surface area contributed by atoms with E-state index in [2.05, 4.69) is 11.4 Å². The Hall–Kier alpha value is -2.10. The molecule has 3 nitrogen and oxygen atoms in total. The quantitative estimate of drug-likeness (QED) is 0.552. The van der Waals surface area contributed by atoms with Gasteiger partial charge in [-0.3, -0.25) is 0 Å². The standard InChI is InChI=1S/C20H20ClNO2/c1-13-3-8-18-16(11-19(23)24-20(18)14(13)2)12-22-10-9-15-4-6-17(21)7-5-15/h3-8,11,22H,9-10,12H2,1-2H3. The van der Waals surface area contributed by atoms with Crippen molar-refractivity contribution in [1.29, 1.82) is 0 Å². The summed E-state index contributed by atoms with van der Waals surface area (Å²) in [7, 11) is 0. The highest BCUT2D eigenvalue weighted by Gasteiger charge is 2.09. The van der Waals surface area contributed by atoms with E-state index in [-0.39, 0.29) is 5.63 Å². The van der Waals surface area contributed by atoms with Gasteiger partial charge in [-0.2, -0.15) is 0 Å². The number of nitrogens with one attached hydrogen (secondary N) is 1. The van der Waals surface area contributed by atoms with E-state index in [4.69, 9.17) is 16.0 Å². The van der Waals surface area contributed by atoms with Crippen LogP contribution in [0.2, 0.25) is 5.02 Å². The molecule has 2 aromatic carbocycles. The normalized spacial score (nSPS) is 11.1. The van der Waals surface area contributed by atoms with Gasteiger partial charge in [-0.15, -0.1) is 0 Å². The molecule has 0 aliphatic heterocycles. The predicted octanol–water partition coefficient (Wildman–Crippen LogP) is 4.40. The van der Waals surface area contributed by atoms with Gasteiger partial charge >= 0.3 is 5.63 Å². The number of hydrogen-bond acceptors (Lipinski definition) is 3. The lowest BCUT2D eigenvalue weighted by Gasteiger charge is -2.10. The summed E-state index contributed by atoms with van der Waals surface area (Å²) in [6.07, 6.45) is 0.911. The minimum atomic E-state index is -0.300. The molecule has 124 valence electrons. The highest BCUT2D eigenvalue weighted by molar-refractivity contribution is 6.30. The van der Waals surface area contributed by atoms with Crippen molar-refractivity contribution >= 4 is 22.6 Å². The molecule has 4 heteroatoms. The van der Waals surface area contributed by atoms with Crippen molar-refractivity contribution in [2.75, 3.05) is 6.54 Å². The average molecular weight is 342 g/mol. The van der Waals surface area contributed by atoms with Crippen LogP contribution in [-0.2, 0) is 13.0 Å². The topological polar surface area (TPSA) is 42.2 Å². The van der Waals surface area contributed by atoms with Crippen molar-refractivity contribution in [2.45, 2.75) is 26.8 Å². The second-order valence-electron chi connectivity index (χ2n) is 6.03. The van der Waals surface area contributed by atoms with Gasteiger partial charge in [0, 0.05) is 23.0 Å². The Balaban J connectivity index is 1.72. The molecule has 0 bridgehead atoms. The summed E-state index contributed by atoms with van der Waals surface area (Å²) < 4.78 is 5.40. The third-order valence-electron chi connectivity index (χ3n) is 4.34. The van der Waals surface area contributed by atoms with Crippen LogP contribution in [0.25, 0.3) is 11.0 Å². The molecule has 1 N–H and O–H groups in total. The van der Waals surface area contributed by atoms with Crippen LogP contribution in [-0.4, -0.2) is 6.54 Å². The van der Waals surface area contributed by atoms with Crippen LogP contribution in [0.15, 0.2) is 51.7 Å². The Morgan fingerprint density at radius 3 is 2.58 bits per heavy atom. The molecule has 0 saturated heterocycles. The van der Waals surface area contributed by atoms with Crippen molar-refractivity contribution in [3.63, 3.8) is 0 Å². The molecular formula is C20H20ClNO2. The minimum absolute atomic E-state index is 0.300. The molecule has 0 spiro atoms. The molecular weight excluding hydrogens is 322 g/mol. The second kappa shape index (κ2) is 7.20. The number of halogens is 1. The van der Waals surface area contributed by atoms with E-state index in [1.165, 1.54) is 5.56 Å². The first-order chi connectivity index (χ1) is 11.5. The summed E-state index contributed by atoms with van der Waals surface area (Å²) in [4.78, 5) is 11.8. The van der Waals surface area contributed by atoms with Gasteiger partial charge in [0.15, 0.2) is 0 Å². The predicted molar refractivity (Wildman–Crippen MR) is 98.8 cm³/mol. The van der Waals surface area contributed by atoms with Crippen LogP contribution >= 0.6 is 11.6 Å². The highest BCUT2D eigenvalue weighted by atomic mass is 35.5. The number of hydrogen-bond donors (Lipinski definition) is 1. The summed E-state index contributed by atoms with van der Waals surface area (Å²) in [5.74, 6) is 0. The molecule has 1 heterocycles. The van der Waals surface area contributed by atoms with Gasteiger partial charge in [-0.1, -0.05) is 35.9 Å². The lowest BCUT2D eigenvalue weighted by Crippen LogP contribution is -2.18. The summed E-state index contributed by atoms with van der Waals surface area (Å²) in [5.41, 5.74) is 4.74. The van der Waals surface area contributed by atoms with E-state index in [0.717, 1.165) is 40.1 Å². The van der Waals surface area contributed by atoms with Crippen LogP contribution < -0.4 is 10.9 Å². The fourth-order valence-electron chi connectivity index (χ4n) is 2.78. The van der Waals surface area contributed by atoms with Gasteiger partial charge in [-0.05, 0) is 61.2 Å². The maximum atomic E-state index is 11.8. The Bertz CT molecular complexity index is 913. The molecule has 24 heavy (non-hydrogen) atoms. The smallest absolute Gasteiger partial charge is 0.336 e. The first kappa shape index (κ1) is 16.7. The molecule has 3 aromatic rings. The van der Waals surface area contributed by atoms with Crippen LogP contribution in [0.4, 0.5) is 0 Å². The maximum absolute atomic E-state index is 11.8. The summed E-state index contributed by atoms with van der Waals surface area (Å²) in [5, 5.41) is 5.15. The van der Waals surface area contributed by atoms with E-state index >= 15 is 0 Å². The Morgan fingerprint density at radius 1 is 1.08 bits per heavy atom. The molecule has 0 fully saturated rings. The van der Waals surface area contributed by atoms with E-state index in [1.807, 2.05) is 44.2 Å². The van der Waals surface area contributed by atoms with Gasteiger partial charge in [0.05, 0.1) is 0 Å². The van der Waals surface area contributed by atoms with Gasteiger partial charge < -0.3 is 9.73 Å². The van der Waals surface area contributed by atoms with Gasteiger partial charge in [0.1, 0.15) is 5.58 Å². The first-order valence-electron chi connectivity index (χ1n) is 8.02. The summed E-state index contributed by atoms with van der Waals surface area (Å²) in [6, 6.07) is 13.5. The lowest BCUT2D eigenvalue weighted by atomic mass is 10.0. The number of fused-ring (bicyclic) bond motifs is 1. The van der Waals surface area contributed by atoms with E-state index in [0.29, 0.717) is 12.1 Å². The van der Waals surface area contributed by atoms with Gasteiger partial charge in [0.2, 0.25) is 0 Å². The fraction of sp³-hybridized carbons (Fsp3) is 0.250. The van der Waals surface area contributed by atoms with Crippen molar-refractivity contribution in [3.8, 4) is 0 Å². The molecule has 0 aliphatic rings. The molecule has 0 saturated carbocycles. The largest absolute Gasteiger partial charge is 0.422 e. The zero-order chi connectivity index (χ0) is 17.1. The van der Waals surface area contributed by atoms with Crippen LogP contribution in [0.3, 0.4) is 0 Å². The van der Waals surface area contributed by atoms with Gasteiger partial charge in [-0.25, -0.2) is 4.79 Å². The van der Waals surface area contributed by atoms with Crippen LogP contribution in [0.5, 0.6) is 0 Å². The van der Waals surface area contributed by atoms with Crippen molar-refractivity contribution < 1.29 is 4.42 Å².